The van der Waals surface area contributed by atoms with Crippen LogP contribution in [0.3, 0.4) is 0 Å². The molecule has 2 rings (SSSR count). The van der Waals surface area contributed by atoms with Crippen LogP contribution in [-0.2, 0) is 21.7 Å². The van der Waals surface area contributed by atoms with Gasteiger partial charge in [0.15, 0.2) is 0 Å². The maximum absolute atomic E-state index is 12.2. The number of thioether (sulfide) groups is 1. The summed E-state index contributed by atoms with van der Waals surface area (Å²) in [6, 6.07) is 5.81. The molecule has 26 heavy (non-hydrogen) atoms. The zero-order valence-electron chi connectivity index (χ0n) is 15.3. The average molecular weight is 393 g/mol. The molecule has 0 saturated carbocycles. The Labute approximate surface area is 162 Å². The first-order valence-electron chi connectivity index (χ1n) is 8.47. The van der Waals surface area contributed by atoms with Crippen molar-refractivity contribution in [3.05, 3.63) is 46.6 Å². The highest BCUT2D eigenvalue weighted by atomic mass is 32.2. The smallest absolute Gasteiger partial charge is 0.341 e. The van der Waals surface area contributed by atoms with Crippen molar-refractivity contribution in [2.24, 2.45) is 5.92 Å². The molecule has 2 aromatic heterocycles. The molecule has 0 spiro atoms. The summed E-state index contributed by atoms with van der Waals surface area (Å²) in [5, 5.41) is 5.37. The summed E-state index contributed by atoms with van der Waals surface area (Å²) < 4.78 is 4.89. The van der Waals surface area contributed by atoms with Gasteiger partial charge < -0.3 is 10.1 Å². The first-order valence-corrected chi connectivity index (χ1v) is 10.5. The molecule has 0 aromatic carbocycles. The molecule has 2 aromatic rings. The van der Waals surface area contributed by atoms with Gasteiger partial charge in [0, 0.05) is 24.1 Å². The van der Waals surface area contributed by atoms with Crippen LogP contribution < -0.4 is 5.32 Å². The van der Waals surface area contributed by atoms with Gasteiger partial charge in [0.25, 0.3) is 0 Å². The van der Waals surface area contributed by atoms with E-state index in [2.05, 4.69) is 24.1 Å². The van der Waals surface area contributed by atoms with Crippen molar-refractivity contribution in [3.8, 4) is 0 Å². The molecule has 1 N–H and O–H groups in total. The van der Waals surface area contributed by atoms with Crippen LogP contribution in [0.1, 0.15) is 41.9 Å². The lowest BCUT2D eigenvalue weighted by Gasteiger charge is -2.09. The Morgan fingerprint density at radius 3 is 2.81 bits per heavy atom. The minimum Gasteiger partial charge on any atom is -0.465 e. The predicted octanol–water partition coefficient (Wildman–Crippen LogP) is 4.39. The number of anilines is 1. The number of carbonyl (C=O) groups excluding carboxylic acids is 2. The van der Waals surface area contributed by atoms with Gasteiger partial charge >= 0.3 is 5.97 Å². The van der Waals surface area contributed by atoms with Gasteiger partial charge in [-0.3, -0.25) is 9.78 Å². The molecule has 1 amide bonds. The predicted molar refractivity (Wildman–Crippen MR) is 108 cm³/mol. The molecule has 0 fully saturated rings. The minimum absolute atomic E-state index is 0.0957. The van der Waals surface area contributed by atoms with Crippen molar-refractivity contribution in [2.75, 3.05) is 18.2 Å². The summed E-state index contributed by atoms with van der Waals surface area (Å²) in [5.41, 5.74) is 2.42. The number of ether oxygens (including phenoxy) is 1. The van der Waals surface area contributed by atoms with E-state index in [1.807, 2.05) is 23.6 Å². The number of hydrogen-bond donors (Lipinski definition) is 1. The molecule has 0 radical (unpaired) electrons. The normalized spacial score (nSPS) is 10.8. The summed E-state index contributed by atoms with van der Waals surface area (Å²) in [7, 11) is 1.36. The Morgan fingerprint density at radius 2 is 2.15 bits per heavy atom. The van der Waals surface area contributed by atoms with Crippen molar-refractivity contribution < 1.29 is 14.3 Å². The number of hydrogen-bond acceptors (Lipinski definition) is 6. The molecule has 0 atom stereocenters. The number of thiophene rings is 1. The standard InChI is InChI=1S/C19H24N2O3S2/c1-13(2)10-14-11-26-18(17(14)19(23)24-3)21-16(22)7-9-25-12-15-6-4-5-8-20-15/h4-6,8,11,13H,7,9-10,12H2,1-3H3,(H,21,22). The van der Waals surface area contributed by atoms with Crippen LogP contribution in [0.15, 0.2) is 29.8 Å². The third-order valence-electron chi connectivity index (χ3n) is 3.59. The molecule has 0 saturated heterocycles. The van der Waals surface area contributed by atoms with E-state index in [1.165, 1.54) is 18.4 Å². The Morgan fingerprint density at radius 1 is 1.35 bits per heavy atom. The maximum Gasteiger partial charge on any atom is 0.341 e. The van der Waals surface area contributed by atoms with Crippen LogP contribution in [0, 0.1) is 5.92 Å². The van der Waals surface area contributed by atoms with E-state index in [9.17, 15) is 9.59 Å². The average Bonchev–Trinajstić information content (AvgIpc) is 3.00. The third-order valence-corrected chi connectivity index (χ3v) is 5.52. The van der Waals surface area contributed by atoms with Gasteiger partial charge in [-0.1, -0.05) is 19.9 Å². The quantitative estimate of drug-likeness (QED) is 0.506. The van der Waals surface area contributed by atoms with Gasteiger partial charge in [-0.05, 0) is 35.4 Å². The summed E-state index contributed by atoms with van der Waals surface area (Å²) in [6.07, 6.45) is 2.93. The number of rotatable bonds is 9. The third kappa shape index (κ3) is 6.14. The van der Waals surface area contributed by atoms with E-state index >= 15 is 0 Å². The van der Waals surface area contributed by atoms with E-state index in [4.69, 9.17) is 4.74 Å². The summed E-state index contributed by atoms with van der Waals surface area (Å²) in [5.74, 6) is 1.39. The fraction of sp³-hybridized carbons (Fsp3) is 0.421. The molecule has 7 heteroatoms. The highest BCUT2D eigenvalue weighted by Crippen LogP contribution is 2.31. The number of nitrogens with one attached hydrogen (secondary N) is 1. The number of esters is 1. The van der Waals surface area contributed by atoms with E-state index in [1.54, 1.807) is 18.0 Å². The number of carbonyl (C=O) groups is 2. The fourth-order valence-electron chi connectivity index (χ4n) is 2.42. The molecule has 0 aliphatic carbocycles. The number of pyridine rings is 1. The SMILES string of the molecule is COC(=O)c1c(CC(C)C)csc1NC(=O)CCSCc1ccccn1. The minimum atomic E-state index is -0.401. The number of amides is 1. The van der Waals surface area contributed by atoms with E-state index in [-0.39, 0.29) is 5.91 Å². The van der Waals surface area contributed by atoms with Crippen LogP contribution in [-0.4, -0.2) is 29.7 Å². The van der Waals surface area contributed by atoms with Crippen molar-refractivity contribution in [3.63, 3.8) is 0 Å². The molecule has 0 bridgehead atoms. The van der Waals surface area contributed by atoms with Gasteiger partial charge in [-0.15, -0.1) is 11.3 Å². The monoisotopic (exact) mass is 392 g/mol. The van der Waals surface area contributed by atoms with Crippen LogP contribution in [0.5, 0.6) is 0 Å². The van der Waals surface area contributed by atoms with E-state index < -0.39 is 5.97 Å². The van der Waals surface area contributed by atoms with Gasteiger partial charge in [0.2, 0.25) is 5.91 Å². The van der Waals surface area contributed by atoms with Crippen molar-refractivity contribution >= 4 is 40.0 Å². The lowest BCUT2D eigenvalue weighted by atomic mass is 10.0. The second-order valence-electron chi connectivity index (χ2n) is 6.23. The lowest BCUT2D eigenvalue weighted by Crippen LogP contribution is -2.15. The molecule has 5 nitrogen and oxygen atoms in total. The molecular formula is C19H24N2O3S2. The van der Waals surface area contributed by atoms with Gasteiger partial charge in [0.05, 0.1) is 18.4 Å². The molecule has 0 unspecified atom stereocenters. The highest BCUT2D eigenvalue weighted by Gasteiger charge is 2.21. The van der Waals surface area contributed by atoms with Crippen molar-refractivity contribution in [1.82, 2.24) is 4.98 Å². The summed E-state index contributed by atoms with van der Waals surface area (Å²) in [4.78, 5) is 28.6. The zero-order chi connectivity index (χ0) is 18.9. The first kappa shape index (κ1) is 20.5. The number of aromatic nitrogens is 1. The molecule has 0 aliphatic heterocycles. The van der Waals surface area contributed by atoms with Crippen LogP contribution >= 0.6 is 23.1 Å². The second-order valence-corrected chi connectivity index (χ2v) is 8.21. The Kier molecular flexibility index (Phi) is 8.12. The lowest BCUT2D eigenvalue weighted by molar-refractivity contribution is -0.115. The Bertz CT molecular complexity index is 730. The van der Waals surface area contributed by atoms with E-state index in [0.717, 1.165) is 23.4 Å². The molecule has 2 heterocycles. The van der Waals surface area contributed by atoms with Gasteiger partial charge in [0.1, 0.15) is 5.00 Å². The second kappa shape index (κ2) is 10.3. The topological polar surface area (TPSA) is 68.3 Å². The van der Waals surface area contributed by atoms with Gasteiger partial charge in [-0.2, -0.15) is 11.8 Å². The largest absolute Gasteiger partial charge is 0.465 e. The fourth-order valence-corrected chi connectivity index (χ4v) is 4.25. The highest BCUT2D eigenvalue weighted by molar-refractivity contribution is 7.98. The van der Waals surface area contributed by atoms with E-state index in [0.29, 0.717) is 28.7 Å². The summed E-state index contributed by atoms with van der Waals surface area (Å²) >= 11 is 3.04. The first-order chi connectivity index (χ1) is 12.5. The Balaban J connectivity index is 1.89. The van der Waals surface area contributed by atoms with Crippen LogP contribution in [0.4, 0.5) is 5.00 Å². The maximum atomic E-state index is 12.2. The summed E-state index contributed by atoms with van der Waals surface area (Å²) in [6.45, 7) is 4.19. The van der Waals surface area contributed by atoms with Crippen LogP contribution in [0.25, 0.3) is 0 Å². The number of methoxy groups -OCH3 is 1. The van der Waals surface area contributed by atoms with Gasteiger partial charge in [-0.25, -0.2) is 4.79 Å². The van der Waals surface area contributed by atoms with Crippen molar-refractivity contribution in [1.29, 1.82) is 0 Å². The number of nitrogens with zero attached hydrogens (tertiary/aromatic N) is 1. The van der Waals surface area contributed by atoms with Crippen LogP contribution in [0.2, 0.25) is 0 Å². The molecular weight excluding hydrogens is 368 g/mol. The Hall–Kier alpha value is -1.86. The molecule has 140 valence electrons. The molecule has 0 aliphatic rings. The zero-order valence-corrected chi connectivity index (χ0v) is 16.9. The van der Waals surface area contributed by atoms with Crippen molar-refractivity contribution in [2.45, 2.75) is 32.4 Å².